The number of hydrogen-bond donors (Lipinski definition) is 1. The molecule has 25 heavy (non-hydrogen) atoms. The largest absolute Gasteiger partial charge is 0.433 e. The van der Waals surface area contributed by atoms with E-state index in [1.165, 1.54) is 18.0 Å². The number of aliphatic imine (C=N–C) groups is 1. The third-order valence-electron chi connectivity index (χ3n) is 3.77. The molecule has 1 aliphatic rings. The molecule has 130 valence electrons. The molecule has 0 fully saturated rings. The van der Waals surface area contributed by atoms with Crippen LogP contribution in [-0.4, -0.2) is 16.3 Å². The summed E-state index contributed by atoms with van der Waals surface area (Å²) in [5.74, 6) is 0.572. The van der Waals surface area contributed by atoms with Crippen molar-refractivity contribution in [1.82, 2.24) is 4.72 Å². The predicted molar refractivity (Wildman–Crippen MR) is 100 cm³/mol. The van der Waals surface area contributed by atoms with Gasteiger partial charge in [0, 0.05) is 35.0 Å². The highest BCUT2D eigenvalue weighted by Crippen LogP contribution is 2.29. The summed E-state index contributed by atoms with van der Waals surface area (Å²) in [6.45, 7) is 3.47. The molecule has 2 aromatic rings. The average molecular weight is 378 g/mol. The van der Waals surface area contributed by atoms with Crippen molar-refractivity contribution < 1.29 is 9.66 Å². The minimum absolute atomic E-state index is 0.0876. The Bertz CT molecular complexity index is 840. The summed E-state index contributed by atoms with van der Waals surface area (Å²) < 4.78 is 9.02. The fraction of sp³-hybridized carbons (Fsp3) is 0.235. The fourth-order valence-corrected chi connectivity index (χ4v) is 3.26. The Morgan fingerprint density at radius 1 is 1.28 bits per heavy atom. The summed E-state index contributed by atoms with van der Waals surface area (Å²) in [4.78, 5) is 15.1. The molecule has 6 nitrogen and oxygen atoms in total. The average Bonchev–Trinajstić information content (AvgIpc) is 2.99. The van der Waals surface area contributed by atoms with Gasteiger partial charge >= 0.3 is 0 Å². The van der Waals surface area contributed by atoms with Crippen molar-refractivity contribution in [2.24, 2.45) is 4.99 Å². The van der Waals surface area contributed by atoms with Gasteiger partial charge in [0.25, 0.3) is 10.9 Å². The molecule has 0 radical (unpaired) electrons. The quantitative estimate of drug-likeness (QED) is 0.485. The minimum Gasteiger partial charge on any atom is -0.433 e. The zero-order chi connectivity index (χ0) is 18.0. The van der Waals surface area contributed by atoms with Gasteiger partial charge in [-0.05, 0) is 43.2 Å². The van der Waals surface area contributed by atoms with Crippen molar-refractivity contribution in [3.05, 3.63) is 68.2 Å². The second kappa shape index (κ2) is 7.43. The highest BCUT2D eigenvalue weighted by molar-refractivity contribution is 8.12. The van der Waals surface area contributed by atoms with Crippen LogP contribution in [-0.2, 0) is 6.42 Å². The summed E-state index contributed by atoms with van der Waals surface area (Å²) >= 11 is 7.20. The highest BCUT2D eigenvalue weighted by atomic mass is 35.5. The van der Waals surface area contributed by atoms with E-state index in [9.17, 15) is 10.1 Å². The van der Waals surface area contributed by atoms with Crippen LogP contribution in [0.25, 0.3) is 0 Å². The zero-order valence-corrected chi connectivity index (χ0v) is 15.2. The van der Waals surface area contributed by atoms with Crippen LogP contribution in [0.3, 0.4) is 0 Å². The maximum absolute atomic E-state index is 11.0. The molecule has 0 saturated carbocycles. The Hall–Kier alpha value is -2.09. The fourth-order valence-electron chi connectivity index (χ4n) is 2.45. The molecular weight excluding hydrogens is 362 g/mol. The number of halogens is 1. The van der Waals surface area contributed by atoms with Crippen LogP contribution in [0.4, 0.5) is 5.69 Å². The van der Waals surface area contributed by atoms with E-state index in [-0.39, 0.29) is 11.9 Å². The molecule has 1 N–H and O–H groups in total. The first-order chi connectivity index (χ1) is 11.9. The number of hydrogen-bond acceptors (Lipinski definition) is 6. The van der Waals surface area contributed by atoms with Crippen LogP contribution in [0.2, 0.25) is 5.02 Å². The van der Waals surface area contributed by atoms with E-state index in [1.807, 2.05) is 24.3 Å². The van der Waals surface area contributed by atoms with Crippen molar-refractivity contribution in [2.45, 2.75) is 26.4 Å². The first-order valence-corrected chi connectivity index (χ1v) is 8.80. The first-order valence-electron chi connectivity index (χ1n) is 7.60. The maximum atomic E-state index is 11.0. The van der Waals surface area contributed by atoms with Crippen LogP contribution in [0.5, 0.6) is 5.75 Å². The molecule has 8 heteroatoms. The Labute approximate surface area is 154 Å². The van der Waals surface area contributed by atoms with E-state index < -0.39 is 4.92 Å². The number of nitrogens with one attached hydrogen (secondary N) is 1. The molecule has 1 unspecified atom stereocenters. The molecular formula is C17H16ClN3O3S. The van der Waals surface area contributed by atoms with Crippen molar-refractivity contribution in [2.75, 3.05) is 0 Å². The number of nitro groups is 1. The van der Waals surface area contributed by atoms with E-state index in [1.54, 1.807) is 19.9 Å². The summed E-state index contributed by atoms with van der Waals surface area (Å²) in [6.07, 6.45) is 0.621. The van der Waals surface area contributed by atoms with Gasteiger partial charge in [-0.3, -0.25) is 10.1 Å². The van der Waals surface area contributed by atoms with Gasteiger partial charge in [-0.15, -0.1) is 0 Å². The Morgan fingerprint density at radius 3 is 2.68 bits per heavy atom. The molecule has 0 aliphatic carbocycles. The summed E-state index contributed by atoms with van der Waals surface area (Å²) in [6, 6.07) is 10.8. The molecule has 1 aliphatic heterocycles. The van der Waals surface area contributed by atoms with Crippen molar-refractivity contribution in [3.8, 4) is 5.75 Å². The zero-order valence-electron chi connectivity index (χ0n) is 13.7. The molecule has 0 saturated heterocycles. The van der Waals surface area contributed by atoms with Gasteiger partial charge in [0.1, 0.15) is 11.9 Å². The molecule has 0 aromatic heterocycles. The lowest BCUT2D eigenvalue weighted by atomic mass is 10.1. The van der Waals surface area contributed by atoms with Crippen molar-refractivity contribution in [3.63, 3.8) is 0 Å². The number of aryl methyl sites for hydroxylation is 2. The Kier molecular flexibility index (Phi) is 5.27. The van der Waals surface area contributed by atoms with Crippen molar-refractivity contribution in [1.29, 1.82) is 0 Å². The van der Waals surface area contributed by atoms with Gasteiger partial charge < -0.3 is 4.74 Å². The lowest BCUT2D eigenvalue weighted by Crippen LogP contribution is -2.18. The second-order valence-electron chi connectivity index (χ2n) is 5.72. The van der Waals surface area contributed by atoms with E-state index in [0.29, 0.717) is 27.1 Å². The SMILES string of the molecule is Cc1cc([N+](=O)[O-])c(C)cc1OC1=NC(Cc2ccc(Cl)cc2)NS1. The molecule has 0 bridgehead atoms. The molecule has 3 rings (SSSR count). The molecule has 1 heterocycles. The Morgan fingerprint density at radius 2 is 2.00 bits per heavy atom. The Balaban J connectivity index is 1.70. The standard InChI is InChI=1S/C17H16ClN3O3S/c1-10-8-15(11(2)7-14(10)21(22)23)24-17-19-16(20-25-17)9-12-3-5-13(18)6-4-12/h3-8,16,20H,9H2,1-2H3. The predicted octanol–water partition coefficient (Wildman–Crippen LogP) is 4.42. The van der Waals surface area contributed by atoms with Crippen LogP contribution in [0, 0.1) is 24.0 Å². The van der Waals surface area contributed by atoms with Gasteiger partial charge in [-0.2, -0.15) is 0 Å². The van der Waals surface area contributed by atoms with E-state index in [0.717, 1.165) is 12.0 Å². The number of rotatable bonds is 4. The lowest BCUT2D eigenvalue weighted by Gasteiger charge is -2.08. The molecule has 0 amide bonds. The van der Waals surface area contributed by atoms with Gasteiger partial charge in [-0.25, -0.2) is 9.71 Å². The van der Waals surface area contributed by atoms with Crippen LogP contribution in [0.1, 0.15) is 16.7 Å². The third-order valence-corrected chi connectivity index (χ3v) is 4.78. The van der Waals surface area contributed by atoms with Crippen LogP contribution < -0.4 is 9.46 Å². The third kappa shape index (κ3) is 4.31. The number of nitrogens with zero attached hydrogens (tertiary/aromatic N) is 2. The highest BCUT2D eigenvalue weighted by Gasteiger charge is 2.22. The van der Waals surface area contributed by atoms with E-state index in [4.69, 9.17) is 16.3 Å². The van der Waals surface area contributed by atoms with Gasteiger partial charge in [0.15, 0.2) is 0 Å². The van der Waals surface area contributed by atoms with Gasteiger partial charge in [-0.1, -0.05) is 23.7 Å². The van der Waals surface area contributed by atoms with Crippen LogP contribution in [0.15, 0.2) is 41.4 Å². The van der Waals surface area contributed by atoms with E-state index >= 15 is 0 Å². The van der Waals surface area contributed by atoms with Gasteiger partial charge in [0.05, 0.1) is 4.92 Å². The maximum Gasteiger partial charge on any atom is 0.272 e. The van der Waals surface area contributed by atoms with E-state index in [2.05, 4.69) is 9.71 Å². The minimum atomic E-state index is -0.391. The number of nitro benzene ring substituents is 1. The van der Waals surface area contributed by atoms with Crippen LogP contribution >= 0.6 is 23.5 Å². The summed E-state index contributed by atoms with van der Waals surface area (Å²) in [7, 11) is 0. The monoisotopic (exact) mass is 377 g/mol. The number of ether oxygens (including phenoxy) is 1. The second-order valence-corrected chi connectivity index (χ2v) is 6.95. The molecule has 0 spiro atoms. The summed E-state index contributed by atoms with van der Waals surface area (Å²) in [5.41, 5.74) is 2.46. The number of benzene rings is 2. The first kappa shape index (κ1) is 17.7. The summed E-state index contributed by atoms with van der Waals surface area (Å²) in [5, 5.41) is 12.2. The molecule has 2 aromatic carbocycles. The lowest BCUT2D eigenvalue weighted by molar-refractivity contribution is -0.385. The topological polar surface area (TPSA) is 76.8 Å². The van der Waals surface area contributed by atoms with Crippen molar-refractivity contribution >= 4 is 34.5 Å². The van der Waals surface area contributed by atoms with Gasteiger partial charge in [0.2, 0.25) is 0 Å². The normalized spacial score (nSPS) is 16.6. The molecule has 1 atom stereocenters. The smallest absolute Gasteiger partial charge is 0.272 e.